The lowest BCUT2D eigenvalue weighted by Crippen LogP contribution is -2.50. The van der Waals surface area contributed by atoms with E-state index in [1.165, 1.54) is 5.00 Å². The van der Waals surface area contributed by atoms with Crippen LogP contribution >= 0.6 is 36.2 Å². The molecule has 2 fully saturated rings. The predicted molar refractivity (Wildman–Crippen MR) is 92.9 cm³/mol. The molecule has 1 aromatic heterocycles. The van der Waals surface area contributed by atoms with Crippen LogP contribution in [0.4, 0.5) is 5.00 Å². The summed E-state index contributed by atoms with van der Waals surface area (Å²) in [4.78, 5) is 16.8. The monoisotopic (exact) mass is 351 g/mol. The van der Waals surface area contributed by atoms with Crippen molar-refractivity contribution in [2.24, 2.45) is 11.7 Å². The third-order valence-electron chi connectivity index (χ3n) is 4.23. The van der Waals surface area contributed by atoms with Crippen molar-refractivity contribution in [2.75, 3.05) is 31.1 Å². The van der Waals surface area contributed by atoms with E-state index in [2.05, 4.69) is 22.4 Å². The predicted octanol–water partition coefficient (Wildman–Crippen LogP) is 2.37. The first kappa shape index (κ1) is 18.6. The SMILES string of the molecule is Cl.Cl.NC1CCC(C(=O)N2CCN(c3cccs3)CC2)C1. The second-order valence-electron chi connectivity index (χ2n) is 5.53. The van der Waals surface area contributed by atoms with Crippen LogP contribution in [0.5, 0.6) is 0 Å². The van der Waals surface area contributed by atoms with Crippen molar-refractivity contribution in [2.45, 2.75) is 25.3 Å². The number of amides is 1. The molecule has 2 N–H and O–H groups in total. The maximum Gasteiger partial charge on any atom is 0.225 e. The van der Waals surface area contributed by atoms with Crippen LogP contribution in [0.2, 0.25) is 0 Å². The van der Waals surface area contributed by atoms with Gasteiger partial charge in [0, 0.05) is 38.1 Å². The third-order valence-corrected chi connectivity index (χ3v) is 5.16. The van der Waals surface area contributed by atoms with Crippen LogP contribution in [0, 0.1) is 5.92 Å². The largest absolute Gasteiger partial charge is 0.360 e. The Morgan fingerprint density at radius 1 is 1.19 bits per heavy atom. The molecule has 1 aliphatic carbocycles. The number of rotatable bonds is 2. The van der Waals surface area contributed by atoms with Crippen molar-refractivity contribution in [1.82, 2.24) is 4.90 Å². The smallest absolute Gasteiger partial charge is 0.225 e. The number of carbonyl (C=O) groups excluding carboxylic acids is 1. The number of piperazine rings is 1. The zero-order valence-electron chi connectivity index (χ0n) is 11.9. The summed E-state index contributed by atoms with van der Waals surface area (Å²) in [5.41, 5.74) is 5.90. The van der Waals surface area contributed by atoms with Gasteiger partial charge in [0.15, 0.2) is 0 Å². The second-order valence-corrected chi connectivity index (χ2v) is 6.46. The first-order valence-corrected chi connectivity index (χ1v) is 7.95. The van der Waals surface area contributed by atoms with Gasteiger partial charge in [0.1, 0.15) is 0 Å². The van der Waals surface area contributed by atoms with Crippen LogP contribution in [-0.2, 0) is 4.79 Å². The minimum atomic E-state index is 0. The fourth-order valence-corrected chi connectivity index (χ4v) is 3.88. The minimum absolute atomic E-state index is 0. The quantitative estimate of drug-likeness (QED) is 0.889. The first-order chi connectivity index (χ1) is 9.24. The number of carbonyl (C=O) groups is 1. The summed E-state index contributed by atoms with van der Waals surface area (Å²) in [6, 6.07) is 4.47. The standard InChI is InChI=1S/C14H21N3OS.2ClH/c15-12-4-3-11(10-12)14(18)17-7-5-16(6-8-17)13-2-1-9-19-13;;/h1-2,9,11-12H,3-8,10,15H2;2*1H. The van der Waals surface area contributed by atoms with Crippen molar-refractivity contribution in [3.63, 3.8) is 0 Å². The maximum atomic E-state index is 12.4. The molecule has 0 radical (unpaired) electrons. The lowest BCUT2D eigenvalue weighted by Gasteiger charge is -2.36. The molecular formula is C14H23Cl2N3OS. The van der Waals surface area contributed by atoms with E-state index in [0.29, 0.717) is 5.91 Å². The van der Waals surface area contributed by atoms with Gasteiger partial charge in [-0.05, 0) is 36.8 Å². The summed E-state index contributed by atoms with van der Waals surface area (Å²) in [5, 5.41) is 3.42. The second kappa shape index (κ2) is 8.22. The molecule has 120 valence electrons. The Labute approximate surface area is 142 Å². The Bertz CT molecular complexity index is 435. The summed E-state index contributed by atoms with van der Waals surface area (Å²) in [7, 11) is 0. The van der Waals surface area contributed by atoms with Crippen molar-refractivity contribution in [1.29, 1.82) is 0 Å². The molecule has 1 saturated carbocycles. The third kappa shape index (κ3) is 4.25. The van der Waals surface area contributed by atoms with Crippen LogP contribution in [0.25, 0.3) is 0 Å². The maximum absolute atomic E-state index is 12.4. The highest BCUT2D eigenvalue weighted by molar-refractivity contribution is 7.14. The van der Waals surface area contributed by atoms with Crippen molar-refractivity contribution < 1.29 is 4.79 Å². The Morgan fingerprint density at radius 2 is 1.90 bits per heavy atom. The number of anilines is 1. The highest BCUT2D eigenvalue weighted by Crippen LogP contribution is 2.27. The molecule has 1 amide bonds. The molecule has 1 aliphatic heterocycles. The van der Waals surface area contributed by atoms with Crippen molar-refractivity contribution >= 4 is 47.1 Å². The van der Waals surface area contributed by atoms with E-state index in [9.17, 15) is 4.79 Å². The Kier molecular flexibility index (Phi) is 7.27. The Morgan fingerprint density at radius 3 is 2.43 bits per heavy atom. The average Bonchev–Trinajstić information content (AvgIpc) is 3.09. The molecule has 2 aliphatic rings. The molecule has 7 heteroatoms. The van der Waals surface area contributed by atoms with Gasteiger partial charge in [-0.25, -0.2) is 0 Å². The Hall–Kier alpha value is -0.490. The highest BCUT2D eigenvalue weighted by Gasteiger charge is 2.32. The van der Waals surface area contributed by atoms with Gasteiger partial charge >= 0.3 is 0 Å². The van der Waals surface area contributed by atoms with E-state index in [0.717, 1.165) is 45.4 Å². The normalized spacial score (nSPS) is 25.2. The number of nitrogens with two attached hydrogens (primary N) is 1. The number of halogens is 2. The Balaban J connectivity index is 0.00000110. The van der Waals surface area contributed by atoms with E-state index in [1.807, 2.05) is 4.90 Å². The van der Waals surface area contributed by atoms with E-state index in [-0.39, 0.29) is 36.8 Å². The molecular weight excluding hydrogens is 329 g/mol. The molecule has 4 nitrogen and oxygen atoms in total. The molecule has 0 bridgehead atoms. The summed E-state index contributed by atoms with van der Waals surface area (Å²) in [5.74, 6) is 0.516. The van der Waals surface area contributed by atoms with E-state index in [4.69, 9.17) is 5.73 Å². The number of hydrogen-bond donors (Lipinski definition) is 1. The van der Waals surface area contributed by atoms with Crippen LogP contribution in [0.3, 0.4) is 0 Å². The van der Waals surface area contributed by atoms with Gasteiger partial charge in [-0.3, -0.25) is 4.79 Å². The van der Waals surface area contributed by atoms with Crippen molar-refractivity contribution in [3.8, 4) is 0 Å². The van der Waals surface area contributed by atoms with Gasteiger partial charge < -0.3 is 15.5 Å². The van der Waals surface area contributed by atoms with Gasteiger partial charge in [0.2, 0.25) is 5.91 Å². The molecule has 3 rings (SSSR count). The highest BCUT2D eigenvalue weighted by atomic mass is 35.5. The molecule has 21 heavy (non-hydrogen) atoms. The van der Waals surface area contributed by atoms with Gasteiger partial charge in [-0.1, -0.05) is 0 Å². The summed E-state index contributed by atoms with van der Waals surface area (Å²) < 4.78 is 0. The van der Waals surface area contributed by atoms with E-state index < -0.39 is 0 Å². The number of thiophene rings is 1. The number of hydrogen-bond acceptors (Lipinski definition) is 4. The molecule has 1 saturated heterocycles. The lowest BCUT2D eigenvalue weighted by atomic mass is 10.1. The number of nitrogens with zero attached hydrogens (tertiary/aromatic N) is 2. The van der Waals surface area contributed by atoms with Crippen LogP contribution in [-0.4, -0.2) is 43.0 Å². The van der Waals surface area contributed by atoms with E-state index >= 15 is 0 Å². The molecule has 0 spiro atoms. The molecule has 2 atom stereocenters. The summed E-state index contributed by atoms with van der Waals surface area (Å²) in [6.45, 7) is 3.60. The minimum Gasteiger partial charge on any atom is -0.360 e. The van der Waals surface area contributed by atoms with Gasteiger partial charge in [0.25, 0.3) is 0 Å². The van der Waals surface area contributed by atoms with Crippen LogP contribution < -0.4 is 10.6 Å². The molecule has 1 aromatic rings. The summed E-state index contributed by atoms with van der Waals surface area (Å²) >= 11 is 1.77. The first-order valence-electron chi connectivity index (χ1n) is 7.07. The lowest BCUT2D eigenvalue weighted by molar-refractivity contribution is -0.135. The van der Waals surface area contributed by atoms with Crippen molar-refractivity contribution in [3.05, 3.63) is 17.5 Å². The van der Waals surface area contributed by atoms with Crippen LogP contribution in [0.15, 0.2) is 17.5 Å². The van der Waals surface area contributed by atoms with Gasteiger partial charge in [-0.2, -0.15) is 0 Å². The van der Waals surface area contributed by atoms with Gasteiger partial charge in [0.05, 0.1) is 5.00 Å². The van der Waals surface area contributed by atoms with E-state index in [1.54, 1.807) is 11.3 Å². The fourth-order valence-electron chi connectivity index (χ4n) is 3.10. The zero-order chi connectivity index (χ0) is 13.2. The fraction of sp³-hybridized carbons (Fsp3) is 0.643. The average molecular weight is 352 g/mol. The summed E-state index contributed by atoms with van der Waals surface area (Å²) in [6.07, 6.45) is 2.86. The topological polar surface area (TPSA) is 49.6 Å². The zero-order valence-corrected chi connectivity index (χ0v) is 14.4. The van der Waals surface area contributed by atoms with Gasteiger partial charge in [-0.15, -0.1) is 36.2 Å². The van der Waals surface area contributed by atoms with Crippen LogP contribution in [0.1, 0.15) is 19.3 Å². The molecule has 2 unspecified atom stereocenters. The molecule has 0 aromatic carbocycles. The molecule has 2 heterocycles.